The summed E-state index contributed by atoms with van der Waals surface area (Å²) in [4.78, 5) is 9.83. The van der Waals surface area contributed by atoms with E-state index in [9.17, 15) is 4.79 Å². The smallest absolute Gasteiger partial charge is 0.293 e. The number of carbonyl (C=O) groups excluding carboxylic acids is 1. The van der Waals surface area contributed by atoms with Crippen LogP contribution in [0.4, 0.5) is 0 Å². The summed E-state index contributed by atoms with van der Waals surface area (Å²) in [7, 11) is 0. The molecule has 78 valence electrons. The number of aryl methyl sites for hydroxylation is 1. The molecule has 0 fully saturated rings. The molecule has 0 unspecified atom stereocenters. The van der Waals surface area contributed by atoms with Crippen molar-refractivity contribution < 1.29 is 9.53 Å². The molecule has 1 aromatic heterocycles. The van der Waals surface area contributed by atoms with E-state index < -0.39 is 0 Å². The molecule has 0 aromatic carbocycles. The highest BCUT2D eigenvalue weighted by Gasteiger charge is 1.94. The molecular formula is C11H16O2S. The summed E-state index contributed by atoms with van der Waals surface area (Å²) >= 11 is 1.76. The molecule has 0 amide bonds. The Kier molecular flexibility index (Phi) is 6.07. The molecule has 0 aliphatic rings. The Morgan fingerprint density at radius 3 is 2.86 bits per heavy atom. The van der Waals surface area contributed by atoms with Crippen LogP contribution in [0.25, 0.3) is 0 Å². The van der Waals surface area contributed by atoms with Gasteiger partial charge in [-0.1, -0.05) is 12.8 Å². The quantitative estimate of drug-likeness (QED) is 0.489. The summed E-state index contributed by atoms with van der Waals surface area (Å²) in [5, 5.41) is 4.32. The number of rotatable bonds is 8. The number of unbranched alkanes of at least 4 members (excludes halogenated alkanes) is 3. The SMILES string of the molecule is O=COCCCCCCc1ccsc1. The molecule has 3 heteroatoms. The molecule has 1 heterocycles. The molecule has 0 saturated heterocycles. The topological polar surface area (TPSA) is 26.3 Å². The van der Waals surface area contributed by atoms with Gasteiger partial charge in [0.15, 0.2) is 0 Å². The van der Waals surface area contributed by atoms with Crippen LogP contribution in [0.15, 0.2) is 16.8 Å². The first-order chi connectivity index (χ1) is 6.93. The maximum atomic E-state index is 9.83. The van der Waals surface area contributed by atoms with Crippen molar-refractivity contribution in [3.05, 3.63) is 22.4 Å². The van der Waals surface area contributed by atoms with E-state index in [1.807, 2.05) is 0 Å². The fraction of sp³-hybridized carbons (Fsp3) is 0.545. The second kappa shape index (κ2) is 7.56. The molecule has 1 aromatic rings. The average molecular weight is 212 g/mol. The van der Waals surface area contributed by atoms with E-state index in [1.165, 1.54) is 24.8 Å². The Labute approximate surface area is 88.9 Å². The fourth-order valence-electron chi connectivity index (χ4n) is 1.35. The second-order valence-corrected chi connectivity index (χ2v) is 4.04. The van der Waals surface area contributed by atoms with Crippen molar-refractivity contribution in [3.8, 4) is 0 Å². The predicted octanol–water partition coefficient (Wildman–Crippen LogP) is 3.02. The van der Waals surface area contributed by atoms with Crippen LogP contribution < -0.4 is 0 Å². The van der Waals surface area contributed by atoms with Gasteiger partial charge in [0.05, 0.1) is 6.61 Å². The average Bonchev–Trinajstić information content (AvgIpc) is 2.69. The van der Waals surface area contributed by atoms with E-state index >= 15 is 0 Å². The summed E-state index contributed by atoms with van der Waals surface area (Å²) in [6.45, 7) is 1.09. The molecule has 0 aliphatic carbocycles. The van der Waals surface area contributed by atoms with E-state index in [1.54, 1.807) is 11.3 Å². The van der Waals surface area contributed by atoms with Crippen LogP contribution in [0.2, 0.25) is 0 Å². The van der Waals surface area contributed by atoms with Gasteiger partial charge in [-0.05, 0) is 41.7 Å². The third-order valence-electron chi connectivity index (χ3n) is 2.13. The lowest BCUT2D eigenvalue weighted by molar-refractivity contribution is -0.128. The fourth-order valence-corrected chi connectivity index (χ4v) is 2.05. The Balaban J connectivity index is 1.87. The van der Waals surface area contributed by atoms with Crippen molar-refractivity contribution in [1.82, 2.24) is 0 Å². The van der Waals surface area contributed by atoms with Gasteiger partial charge in [0, 0.05) is 0 Å². The van der Waals surface area contributed by atoms with Crippen molar-refractivity contribution in [3.63, 3.8) is 0 Å². The third kappa shape index (κ3) is 5.02. The van der Waals surface area contributed by atoms with E-state index in [-0.39, 0.29) is 0 Å². The van der Waals surface area contributed by atoms with Crippen LogP contribution in [-0.4, -0.2) is 13.1 Å². The molecule has 14 heavy (non-hydrogen) atoms. The second-order valence-electron chi connectivity index (χ2n) is 3.26. The van der Waals surface area contributed by atoms with Gasteiger partial charge >= 0.3 is 0 Å². The van der Waals surface area contributed by atoms with E-state index in [2.05, 4.69) is 21.6 Å². The molecule has 0 N–H and O–H groups in total. The van der Waals surface area contributed by atoms with Gasteiger partial charge in [0.25, 0.3) is 6.47 Å². The van der Waals surface area contributed by atoms with Gasteiger partial charge < -0.3 is 4.74 Å². The summed E-state index contributed by atoms with van der Waals surface area (Å²) in [6.07, 6.45) is 5.77. The maximum Gasteiger partial charge on any atom is 0.293 e. The normalized spacial score (nSPS) is 10.0. The molecule has 2 nitrogen and oxygen atoms in total. The van der Waals surface area contributed by atoms with Gasteiger partial charge in [-0.15, -0.1) is 0 Å². The lowest BCUT2D eigenvalue weighted by Crippen LogP contribution is -1.91. The zero-order valence-electron chi connectivity index (χ0n) is 8.28. The molecular weight excluding hydrogens is 196 g/mol. The zero-order valence-corrected chi connectivity index (χ0v) is 9.09. The lowest BCUT2D eigenvalue weighted by Gasteiger charge is -1.99. The molecule has 0 atom stereocenters. The first-order valence-electron chi connectivity index (χ1n) is 5.00. The Hall–Kier alpha value is -0.830. The number of carbonyl (C=O) groups is 1. The van der Waals surface area contributed by atoms with E-state index in [4.69, 9.17) is 0 Å². The molecule has 1 rings (SSSR count). The van der Waals surface area contributed by atoms with Gasteiger partial charge in [0.2, 0.25) is 0 Å². The van der Waals surface area contributed by atoms with E-state index in [0.29, 0.717) is 13.1 Å². The molecule has 0 radical (unpaired) electrons. The minimum absolute atomic E-state index is 0.519. The van der Waals surface area contributed by atoms with Crippen LogP contribution in [0.3, 0.4) is 0 Å². The summed E-state index contributed by atoms with van der Waals surface area (Å²) in [5.41, 5.74) is 1.44. The van der Waals surface area contributed by atoms with Crippen molar-refractivity contribution >= 4 is 17.8 Å². The van der Waals surface area contributed by atoms with Gasteiger partial charge in [0.1, 0.15) is 0 Å². The van der Waals surface area contributed by atoms with Gasteiger partial charge in [-0.25, -0.2) is 0 Å². The van der Waals surface area contributed by atoms with Crippen LogP contribution in [-0.2, 0) is 16.0 Å². The molecule has 0 spiro atoms. The minimum atomic E-state index is 0.519. The van der Waals surface area contributed by atoms with E-state index in [0.717, 1.165) is 12.8 Å². The third-order valence-corrected chi connectivity index (χ3v) is 2.86. The summed E-state index contributed by atoms with van der Waals surface area (Å²) in [6, 6.07) is 2.18. The van der Waals surface area contributed by atoms with Gasteiger partial charge in [-0.3, -0.25) is 4.79 Å². The van der Waals surface area contributed by atoms with Crippen LogP contribution in [0.5, 0.6) is 0 Å². The Morgan fingerprint density at radius 2 is 2.14 bits per heavy atom. The number of ether oxygens (including phenoxy) is 1. The Morgan fingerprint density at radius 1 is 1.29 bits per heavy atom. The maximum absolute atomic E-state index is 9.83. The highest BCUT2D eigenvalue weighted by molar-refractivity contribution is 7.07. The highest BCUT2D eigenvalue weighted by Crippen LogP contribution is 2.11. The van der Waals surface area contributed by atoms with Crippen LogP contribution in [0.1, 0.15) is 31.2 Å². The molecule has 0 bridgehead atoms. The van der Waals surface area contributed by atoms with Crippen LogP contribution >= 0.6 is 11.3 Å². The van der Waals surface area contributed by atoms with Crippen LogP contribution in [0, 0.1) is 0 Å². The predicted molar refractivity (Wildman–Crippen MR) is 58.5 cm³/mol. The van der Waals surface area contributed by atoms with Crippen molar-refractivity contribution in [1.29, 1.82) is 0 Å². The number of hydrogen-bond donors (Lipinski definition) is 0. The standard InChI is InChI=1S/C11H16O2S/c12-10-13-7-4-2-1-3-5-11-6-8-14-9-11/h6,8-10H,1-5,7H2. The van der Waals surface area contributed by atoms with Crippen molar-refractivity contribution in [2.75, 3.05) is 6.61 Å². The van der Waals surface area contributed by atoms with Gasteiger partial charge in [-0.2, -0.15) is 11.3 Å². The monoisotopic (exact) mass is 212 g/mol. The van der Waals surface area contributed by atoms with Crippen molar-refractivity contribution in [2.45, 2.75) is 32.1 Å². The lowest BCUT2D eigenvalue weighted by atomic mass is 10.1. The minimum Gasteiger partial charge on any atom is -0.468 e. The molecule has 0 saturated carbocycles. The summed E-state index contributed by atoms with van der Waals surface area (Å²) < 4.78 is 4.61. The Bertz CT molecular complexity index is 231. The number of hydrogen-bond acceptors (Lipinski definition) is 3. The highest BCUT2D eigenvalue weighted by atomic mass is 32.1. The number of thiophene rings is 1. The van der Waals surface area contributed by atoms with Crippen molar-refractivity contribution in [2.24, 2.45) is 0 Å². The zero-order chi connectivity index (χ0) is 10.1. The summed E-state index contributed by atoms with van der Waals surface area (Å²) in [5.74, 6) is 0. The first kappa shape index (κ1) is 11.2. The molecule has 0 aliphatic heterocycles. The largest absolute Gasteiger partial charge is 0.468 e. The first-order valence-corrected chi connectivity index (χ1v) is 5.94.